The number of rotatable bonds is 9. The van der Waals surface area contributed by atoms with Crippen LogP contribution in [0, 0.1) is 13.8 Å². The van der Waals surface area contributed by atoms with Crippen molar-refractivity contribution in [2.45, 2.75) is 26.1 Å². The Morgan fingerprint density at radius 1 is 0.692 bits per heavy atom. The van der Waals surface area contributed by atoms with Crippen LogP contribution < -0.4 is 0 Å². The fourth-order valence-corrected chi connectivity index (χ4v) is 3.84. The predicted octanol–water partition coefficient (Wildman–Crippen LogP) is 5.99. The first-order chi connectivity index (χ1) is 18.7. The van der Waals surface area contributed by atoms with Crippen LogP contribution in [0.25, 0.3) is 22.6 Å². The lowest BCUT2D eigenvalue weighted by Crippen LogP contribution is -2.31. The molecule has 0 aliphatic rings. The number of benzene rings is 2. The Balaban J connectivity index is 0.000000218. The van der Waals surface area contributed by atoms with E-state index >= 15 is 0 Å². The first kappa shape index (κ1) is 29.4. The number of carbonyl (C=O) groups is 2. The molecule has 9 heteroatoms. The largest absolute Gasteiger partial charge is 0.479 e. The SMILES string of the molecule is COC(C(=O)N(C)OC)c1ccc(-c2ccc(C)o2)cc1.COC(C(=O)O)c1ccc(-c2ccc(C)o2)cc1. The number of ether oxygens (including phenoxy) is 2. The van der Waals surface area contributed by atoms with Crippen molar-refractivity contribution < 1.29 is 37.8 Å². The van der Waals surface area contributed by atoms with Crippen LogP contribution in [-0.4, -0.2) is 50.4 Å². The molecule has 2 aromatic heterocycles. The molecule has 39 heavy (non-hydrogen) atoms. The van der Waals surface area contributed by atoms with Crippen LogP contribution in [0.15, 0.2) is 81.6 Å². The summed E-state index contributed by atoms with van der Waals surface area (Å²) in [5.74, 6) is 2.01. The normalized spacial score (nSPS) is 12.3. The van der Waals surface area contributed by atoms with Gasteiger partial charge in [0.05, 0.1) is 7.11 Å². The smallest absolute Gasteiger partial charge is 0.337 e. The third-order valence-electron chi connectivity index (χ3n) is 5.98. The van der Waals surface area contributed by atoms with Crippen LogP contribution in [-0.2, 0) is 23.9 Å². The average Bonchev–Trinajstić information content (AvgIpc) is 3.58. The highest BCUT2D eigenvalue weighted by atomic mass is 16.7. The summed E-state index contributed by atoms with van der Waals surface area (Å²) in [5.41, 5.74) is 3.23. The zero-order valence-corrected chi connectivity index (χ0v) is 22.8. The molecule has 206 valence electrons. The summed E-state index contributed by atoms with van der Waals surface area (Å²) in [4.78, 5) is 28.0. The predicted molar refractivity (Wildman–Crippen MR) is 145 cm³/mol. The summed E-state index contributed by atoms with van der Waals surface area (Å²) >= 11 is 0. The average molecular weight is 536 g/mol. The molecule has 0 saturated heterocycles. The van der Waals surface area contributed by atoms with Gasteiger partial charge in [-0.25, -0.2) is 9.86 Å². The minimum absolute atomic E-state index is 0.262. The summed E-state index contributed by atoms with van der Waals surface area (Å²) in [6, 6.07) is 22.2. The van der Waals surface area contributed by atoms with Crippen LogP contribution in [0.1, 0.15) is 34.9 Å². The molecule has 0 aliphatic carbocycles. The Bertz CT molecular complexity index is 1350. The second-order valence-electron chi connectivity index (χ2n) is 8.65. The Morgan fingerprint density at radius 2 is 1.10 bits per heavy atom. The van der Waals surface area contributed by atoms with Crippen molar-refractivity contribution >= 4 is 11.9 Å². The van der Waals surface area contributed by atoms with Crippen molar-refractivity contribution in [1.82, 2.24) is 5.06 Å². The van der Waals surface area contributed by atoms with Gasteiger partial charge in [-0.15, -0.1) is 0 Å². The minimum Gasteiger partial charge on any atom is -0.479 e. The number of amides is 1. The number of hydroxylamine groups is 2. The highest BCUT2D eigenvalue weighted by molar-refractivity contribution is 5.81. The van der Waals surface area contributed by atoms with E-state index < -0.39 is 18.2 Å². The van der Waals surface area contributed by atoms with E-state index in [0.29, 0.717) is 5.56 Å². The highest BCUT2D eigenvalue weighted by Gasteiger charge is 2.24. The molecule has 0 aliphatic heterocycles. The molecule has 2 heterocycles. The van der Waals surface area contributed by atoms with E-state index in [2.05, 4.69) is 0 Å². The van der Waals surface area contributed by atoms with E-state index in [0.717, 1.165) is 44.8 Å². The quantitative estimate of drug-likeness (QED) is 0.260. The number of methoxy groups -OCH3 is 2. The van der Waals surface area contributed by atoms with Gasteiger partial charge in [0, 0.05) is 32.4 Å². The molecule has 2 unspecified atom stereocenters. The number of carboxylic acid groups (broad SMARTS) is 1. The molecule has 0 saturated carbocycles. The van der Waals surface area contributed by atoms with Crippen molar-refractivity contribution in [3.63, 3.8) is 0 Å². The molecule has 1 N–H and O–H groups in total. The van der Waals surface area contributed by atoms with Crippen LogP contribution in [0.5, 0.6) is 0 Å². The van der Waals surface area contributed by atoms with Gasteiger partial charge in [-0.2, -0.15) is 0 Å². The Hall–Kier alpha value is -4.18. The van der Waals surface area contributed by atoms with Crippen molar-refractivity contribution in [3.8, 4) is 22.6 Å². The maximum absolute atomic E-state index is 12.1. The standard InChI is InChI=1S/C16H19NO4.C14H14O4/c1-11-5-10-14(21-11)12-6-8-13(9-7-12)15(19-3)16(18)17(2)20-4;1-9-3-8-12(18-9)10-4-6-11(7-5-10)13(17-2)14(15)16/h5-10,15H,1-4H3;3-8,13H,1-2H3,(H,15,16). The molecule has 2 atom stereocenters. The summed E-state index contributed by atoms with van der Waals surface area (Å²) < 4.78 is 21.3. The fourth-order valence-electron chi connectivity index (χ4n) is 3.84. The van der Waals surface area contributed by atoms with E-state index in [1.165, 1.54) is 21.3 Å². The first-order valence-electron chi connectivity index (χ1n) is 12.1. The number of aryl methyl sites for hydroxylation is 2. The molecule has 2 aromatic carbocycles. The van der Waals surface area contributed by atoms with E-state index in [4.69, 9.17) is 28.3 Å². The molecular formula is C30H33NO8. The third-order valence-corrected chi connectivity index (χ3v) is 5.98. The van der Waals surface area contributed by atoms with Crippen LogP contribution in [0.4, 0.5) is 0 Å². The molecule has 0 radical (unpaired) electrons. The summed E-state index contributed by atoms with van der Waals surface area (Å²) in [6.45, 7) is 3.78. The molecular weight excluding hydrogens is 502 g/mol. The third kappa shape index (κ3) is 7.44. The second kappa shape index (κ2) is 13.6. The van der Waals surface area contributed by atoms with Crippen molar-refractivity contribution in [2.75, 3.05) is 28.4 Å². The Kier molecular flexibility index (Phi) is 10.2. The second-order valence-corrected chi connectivity index (χ2v) is 8.65. The van der Waals surface area contributed by atoms with Crippen LogP contribution in [0.2, 0.25) is 0 Å². The van der Waals surface area contributed by atoms with Gasteiger partial charge in [0.25, 0.3) is 5.91 Å². The van der Waals surface area contributed by atoms with Crippen molar-refractivity contribution in [2.24, 2.45) is 0 Å². The number of likely N-dealkylation sites (N-methyl/N-ethyl adjacent to an activating group) is 1. The van der Waals surface area contributed by atoms with Crippen LogP contribution in [0.3, 0.4) is 0 Å². The molecule has 0 spiro atoms. The molecule has 0 bridgehead atoms. The van der Waals surface area contributed by atoms with Gasteiger partial charge in [-0.05, 0) is 49.2 Å². The minimum atomic E-state index is -1.00. The number of carbonyl (C=O) groups excluding carboxylic acids is 1. The van der Waals surface area contributed by atoms with Crippen molar-refractivity contribution in [1.29, 1.82) is 0 Å². The Morgan fingerprint density at radius 3 is 1.41 bits per heavy atom. The van der Waals surface area contributed by atoms with Gasteiger partial charge >= 0.3 is 5.97 Å². The van der Waals surface area contributed by atoms with E-state index in [9.17, 15) is 9.59 Å². The van der Waals surface area contributed by atoms with E-state index in [1.54, 1.807) is 19.2 Å². The lowest BCUT2D eigenvalue weighted by Gasteiger charge is -2.21. The number of nitrogens with zero attached hydrogens (tertiary/aromatic N) is 1. The zero-order valence-electron chi connectivity index (χ0n) is 22.8. The maximum atomic E-state index is 12.1. The van der Waals surface area contributed by atoms with Crippen LogP contribution >= 0.6 is 0 Å². The topological polar surface area (TPSA) is 112 Å². The van der Waals surface area contributed by atoms with Gasteiger partial charge in [-0.1, -0.05) is 48.5 Å². The van der Waals surface area contributed by atoms with Gasteiger partial charge in [-0.3, -0.25) is 9.63 Å². The Labute approximate surface area is 227 Å². The number of hydrogen-bond donors (Lipinski definition) is 1. The van der Waals surface area contributed by atoms with Gasteiger partial charge in [0.15, 0.2) is 12.2 Å². The summed E-state index contributed by atoms with van der Waals surface area (Å²) in [5, 5.41) is 10.1. The number of aliphatic carboxylic acids is 1. The number of carboxylic acids is 1. The summed E-state index contributed by atoms with van der Waals surface area (Å²) in [7, 11) is 5.86. The monoisotopic (exact) mass is 535 g/mol. The number of furan rings is 2. The fraction of sp³-hybridized carbons (Fsp3) is 0.267. The lowest BCUT2D eigenvalue weighted by molar-refractivity contribution is -0.179. The highest BCUT2D eigenvalue weighted by Crippen LogP contribution is 2.27. The van der Waals surface area contributed by atoms with Gasteiger partial charge < -0.3 is 23.4 Å². The maximum Gasteiger partial charge on any atom is 0.337 e. The molecule has 4 aromatic rings. The lowest BCUT2D eigenvalue weighted by atomic mass is 10.1. The summed E-state index contributed by atoms with van der Waals surface area (Å²) in [6.07, 6.45) is -1.63. The van der Waals surface area contributed by atoms with E-state index in [1.807, 2.05) is 74.5 Å². The molecule has 1 amide bonds. The molecule has 0 fully saturated rings. The van der Waals surface area contributed by atoms with Gasteiger partial charge in [0.2, 0.25) is 0 Å². The zero-order chi connectivity index (χ0) is 28.5. The molecule has 4 rings (SSSR count). The molecule has 9 nitrogen and oxygen atoms in total. The van der Waals surface area contributed by atoms with Gasteiger partial charge in [0.1, 0.15) is 23.0 Å². The van der Waals surface area contributed by atoms with Crippen molar-refractivity contribution in [3.05, 3.63) is 95.4 Å². The number of hydrogen-bond acceptors (Lipinski definition) is 7. The van der Waals surface area contributed by atoms with E-state index in [-0.39, 0.29) is 5.91 Å². The first-order valence-corrected chi connectivity index (χ1v) is 12.1.